The van der Waals surface area contributed by atoms with Gasteiger partial charge < -0.3 is 0 Å². The van der Waals surface area contributed by atoms with Crippen molar-refractivity contribution in [3.63, 3.8) is 0 Å². The highest BCUT2D eigenvalue weighted by atomic mass is 14.9. The summed E-state index contributed by atoms with van der Waals surface area (Å²) in [6.45, 7) is 4.89. The van der Waals surface area contributed by atoms with Crippen LogP contribution in [-0.4, -0.2) is 6.54 Å². The Labute approximate surface area is 44.4 Å². The van der Waals surface area contributed by atoms with Crippen molar-refractivity contribution in [3.8, 4) is 0 Å². The van der Waals surface area contributed by atoms with Crippen molar-refractivity contribution < 1.29 is 0 Å². The average Bonchev–Trinajstić information content (AvgIpc) is 1.68. The molecule has 0 heterocycles. The van der Waals surface area contributed by atoms with Gasteiger partial charge in [-0.1, -0.05) is 20.3 Å². The van der Waals surface area contributed by atoms with Crippen molar-refractivity contribution in [1.82, 2.24) is 0 Å². The van der Waals surface area contributed by atoms with Crippen LogP contribution >= 0.6 is 0 Å². The molecule has 7 heavy (non-hydrogen) atoms. The van der Waals surface area contributed by atoms with Crippen molar-refractivity contribution in [1.29, 1.82) is 5.53 Å². The van der Waals surface area contributed by atoms with E-state index < -0.39 is 0 Å². The Hall–Kier alpha value is -0.400. The SMILES string of the molecule is CC[C@H](C)CN=N. The molecule has 0 aliphatic rings. The number of hydrogen-bond acceptors (Lipinski definition) is 2. The summed E-state index contributed by atoms with van der Waals surface area (Å²) < 4.78 is 0. The fraction of sp³-hybridized carbons (Fsp3) is 1.00. The molecule has 0 aromatic carbocycles. The van der Waals surface area contributed by atoms with E-state index in [-0.39, 0.29) is 0 Å². The standard InChI is InChI=1S/C5H12N2/c1-3-5(2)4-7-6/h5-6H,3-4H2,1-2H3/t5-/m0/s1. The molecule has 2 nitrogen and oxygen atoms in total. The molecule has 0 bridgehead atoms. The highest BCUT2D eigenvalue weighted by Gasteiger charge is 1.92. The molecule has 0 unspecified atom stereocenters. The minimum Gasteiger partial charge on any atom is -0.210 e. The third kappa shape index (κ3) is 3.43. The zero-order valence-corrected chi connectivity index (χ0v) is 4.94. The lowest BCUT2D eigenvalue weighted by atomic mass is 10.1. The first-order chi connectivity index (χ1) is 3.31. The first kappa shape index (κ1) is 6.60. The summed E-state index contributed by atoms with van der Waals surface area (Å²) in [5.41, 5.74) is 6.46. The third-order valence-corrected chi connectivity index (χ3v) is 1.10. The molecular weight excluding hydrogens is 88.1 g/mol. The quantitative estimate of drug-likeness (QED) is 0.527. The molecule has 0 radical (unpaired) electrons. The summed E-state index contributed by atoms with van der Waals surface area (Å²) in [6.07, 6.45) is 1.13. The van der Waals surface area contributed by atoms with Gasteiger partial charge in [0.1, 0.15) is 0 Å². The monoisotopic (exact) mass is 100 g/mol. The predicted molar refractivity (Wildman–Crippen MR) is 29.5 cm³/mol. The summed E-state index contributed by atoms with van der Waals surface area (Å²) in [5, 5.41) is 3.26. The molecule has 0 fully saturated rings. The summed E-state index contributed by atoms with van der Waals surface area (Å²) in [7, 11) is 0. The normalized spacial score (nSPS) is 13.4. The Morgan fingerprint density at radius 1 is 1.71 bits per heavy atom. The maximum absolute atomic E-state index is 6.46. The summed E-state index contributed by atoms with van der Waals surface area (Å²) >= 11 is 0. The number of hydrogen-bond donors (Lipinski definition) is 1. The van der Waals surface area contributed by atoms with Crippen molar-refractivity contribution in [2.24, 2.45) is 11.0 Å². The Bertz CT molecular complexity index is 52.0. The second-order valence-electron chi connectivity index (χ2n) is 1.85. The van der Waals surface area contributed by atoms with Gasteiger partial charge in [-0.2, -0.15) is 5.11 Å². The molecule has 0 aliphatic heterocycles. The molecule has 0 aromatic heterocycles. The van der Waals surface area contributed by atoms with Crippen molar-refractivity contribution >= 4 is 0 Å². The second-order valence-corrected chi connectivity index (χ2v) is 1.85. The number of nitrogens with one attached hydrogen (secondary N) is 1. The molecule has 0 saturated carbocycles. The Kier molecular flexibility index (Phi) is 3.56. The zero-order chi connectivity index (χ0) is 5.70. The maximum atomic E-state index is 6.46. The van der Waals surface area contributed by atoms with Gasteiger partial charge in [-0.3, -0.25) is 0 Å². The Balaban J connectivity index is 2.98. The van der Waals surface area contributed by atoms with Gasteiger partial charge in [0.25, 0.3) is 0 Å². The van der Waals surface area contributed by atoms with Crippen LogP contribution in [0.4, 0.5) is 0 Å². The van der Waals surface area contributed by atoms with Crippen LogP contribution < -0.4 is 0 Å². The van der Waals surface area contributed by atoms with E-state index in [1.165, 1.54) is 0 Å². The second kappa shape index (κ2) is 3.78. The number of rotatable bonds is 3. The Morgan fingerprint density at radius 2 is 2.29 bits per heavy atom. The highest BCUT2D eigenvalue weighted by molar-refractivity contribution is 4.47. The predicted octanol–water partition coefficient (Wildman–Crippen LogP) is 2.06. The van der Waals surface area contributed by atoms with Gasteiger partial charge in [-0.05, 0) is 5.92 Å². The van der Waals surface area contributed by atoms with Crippen LogP contribution in [0.3, 0.4) is 0 Å². The lowest BCUT2D eigenvalue weighted by Gasteiger charge is -1.98. The van der Waals surface area contributed by atoms with Crippen LogP contribution in [0.1, 0.15) is 20.3 Å². The van der Waals surface area contributed by atoms with E-state index in [0.29, 0.717) is 12.5 Å². The average molecular weight is 100 g/mol. The first-order valence-corrected chi connectivity index (χ1v) is 2.64. The van der Waals surface area contributed by atoms with Crippen LogP contribution in [0.2, 0.25) is 0 Å². The molecule has 0 rings (SSSR count). The van der Waals surface area contributed by atoms with E-state index in [1.54, 1.807) is 0 Å². The molecule has 0 spiro atoms. The molecule has 0 aromatic rings. The summed E-state index contributed by atoms with van der Waals surface area (Å²) in [6, 6.07) is 0. The lowest BCUT2D eigenvalue weighted by Crippen LogP contribution is -1.94. The molecule has 2 heteroatoms. The van der Waals surface area contributed by atoms with Crippen LogP contribution in [-0.2, 0) is 0 Å². The molecular formula is C5H12N2. The van der Waals surface area contributed by atoms with E-state index >= 15 is 0 Å². The fourth-order valence-electron chi connectivity index (χ4n) is 0.285. The van der Waals surface area contributed by atoms with Crippen LogP contribution in [0.15, 0.2) is 5.11 Å². The summed E-state index contributed by atoms with van der Waals surface area (Å²) in [4.78, 5) is 0. The van der Waals surface area contributed by atoms with Gasteiger partial charge in [-0.15, -0.1) is 0 Å². The highest BCUT2D eigenvalue weighted by Crippen LogP contribution is 1.98. The molecule has 1 N–H and O–H groups in total. The van der Waals surface area contributed by atoms with E-state index in [4.69, 9.17) is 5.53 Å². The summed E-state index contributed by atoms with van der Waals surface area (Å²) in [5.74, 6) is 0.595. The zero-order valence-electron chi connectivity index (χ0n) is 4.94. The molecule has 1 atom stereocenters. The molecule has 0 saturated heterocycles. The van der Waals surface area contributed by atoms with E-state index in [1.807, 2.05) is 0 Å². The fourth-order valence-corrected chi connectivity index (χ4v) is 0.285. The maximum Gasteiger partial charge on any atom is 0.0621 e. The van der Waals surface area contributed by atoms with Gasteiger partial charge in [0.05, 0.1) is 6.54 Å². The smallest absolute Gasteiger partial charge is 0.0621 e. The minimum absolute atomic E-state index is 0.595. The van der Waals surface area contributed by atoms with Crippen LogP contribution in [0.25, 0.3) is 0 Å². The topological polar surface area (TPSA) is 36.2 Å². The van der Waals surface area contributed by atoms with Crippen molar-refractivity contribution in [2.45, 2.75) is 20.3 Å². The minimum atomic E-state index is 0.595. The van der Waals surface area contributed by atoms with Crippen LogP contribution in [0, 0.1) is 11.4 Å². The van der Waals surface area contributed by atoms with Gasteiger partial charge in [0.15, 0.2) is 0 Å². The van der Waals surface area contributed by atoms with E-state index in [2.05, 4.69) is 19.0 Å². The lowest BCUT2D eigenvalue weighted by molar-refractivity contribution is 0.558. The van der Waals surface area contributed by atoms with E-state index in [0.717, 1.165) is 6.42 Å². The van der Waals surface area contributed by atoms with Crippen molar-refractivity contribution in [3.05, 3.63) is 0 Å². The third-order valence-electron chi connectivity index (χ3n) is 1.10. The van der Waals surface area contributed by atoms with Gasteiger partial charge in [0.2, 0.25) is 0 Å². The van der Waals surface area contributed by atoms with Crippen molar-refractivity contribution in [2.75, 3.05) is 6.54 Å². The van der Waals surface area contributed by atoms with Gasteiger partial charge in [-0.25, -0.2) is 5.53 Å². The van der Waals surface area contributed by atoms with Gasteiger partial charge in [0, 0.05) is 0 Å². The molecule has 42 valence electrons. The van der Waals surface area contributed by atoms with Gasteiger partial charge >= 0.3 is 0 Å². The molecule has 0 amide bonds. The van der Waals surface area contributed by atoms with E-state index in [9.17, 15) is 0 Å². The first-order valence-electron chi connectivity index (χ1n) is 2.64. The Morgan fingerprint density at radius 3 is 2.43 bits per heavy atom. The largest absolute Gasteiger partial charge is 0.210 e. The van der Waals surface area contributed by atoms with Crippen LogP contribution in [0.5, 0.6) is 0 Å². The molecule has 0 aliphatic carbocycles. The number of nitrogens with zero attached hydrogens (tertiary/aromatic N) is 1.